The molecule has 1 fully saturated rings. The number of aliphatic hydroxyl groups is 2. The highest BCUT2D eigenvalue weighted by Crippen LogP contribution is 2.48. The summed E-state index contributed by atoms with van der Waals surface area (Å²) in [4.78, 5) is 38.3. The van der Waals surface area contributed by atoms with Gasteiger partial charge in [0.15, 0.2) is 11.8 Å². The molecular weight excluding hydrogens is 521 g/mol. The Morgan fingerprint density at radius 2 is 1.97 bits per heavy atom. The van der Waals surface area contributed by atoms with E-state index in [2.05, 4.69) is 5.09 Å². The number of carbonyl (C=O) groups is 1. The molecule has 1 aliphatic heterocycles. The Kier molecular flexibility index (Phi) is 8.68. The first-order valence-electron chi connectivity index (χ1n) is 11.6. The summed E-state index contributed by atoms with van der Waals surface area (Å²) < 4.78 is 36.6. The fourth-order valence-corrected chi connectivity index (χ4v) is 5.25. The van der Waals surface area contributed by atoms with Crippen molar-refractivity contribution in [3.63, 3.8) is 0 Å². The van der Waals surface area contributed by atoms with E-state index in [1.54, 1.807) is 32.0 Å². The van der Waals surface area contributed by atoms with Gasteiger partial charge in [-0.1, -0.05) is 24.1 Å². The van der Waals surface area contributed by atoms with E-state index in [1.807, 2.05) is 10.9 Å². The Morgan fingerprint density at radius 1 is 1.32 bits per heavy atom. The van der Waals surface area contributed by atoms with Gasteiger partial charge >= 0.3 is 19.4 Å². The zero-order valence-corrected chi connectivity index (χ0v) is 22.1. The van der Waals surface area contributed by atoms with Gasteiger partial charge in [-0.2, -0.15) is 5.09 Å². The number of benzene rings is 1. The number of aliphatic hydroxyl groups excluding tert-OH is 1. The number of aromatic amines is 1. The molecule has 0 radical (unpaired) electrons. The van der Waals surface area contributed by atoms with E-state index in [0.29, 0.717) is 0 Å². The first-order valence-corrected chi connectivity index (χ1v) is 13.1. The van der Waals surface area contributed by atoms with E-state index < -0.39 is 67.3 Å². The van der Waals surface area contributed by atoms with Crippen molar-refractivity contribution in [2.24, 2.45) is 0 Å². The largest absolute Gasteiger partial charge is 0.462 e. The number of nitrogens with zero attached hydrogens (tertiary/aromatic N) is 1. The van der Waals surface area contributed by atoms with Crippen LogP contribution >= 0.6 is 7.75 Å². The number of esters is 1. The third-order valence-electron chi connectivity index (χ3n) is 5.47. The molecular formula is C24H30N3O10P. The molecule has 13 nitrogen and oxygen atoms in total. The number of terminal acetylenes is 1. The number of hydrogen-bond donors (Lipinski definition) is 4. The second kappa shape index (κ2) is 11.2. The molecule has 0 amide bonds. The van der Waals surface area contributed by atoms with E-state index in [4.69, 9.17) is 24.9 Å². The number of para-hydroxylation sites is 1. The van der Waals surface area contributed by atoms with Crippen LogP contribution in [0.15, 0.2) is 52.2 Å². The normalized spacial score (nSPS) is 24.9. The van der Waals surface area contributed by atoms with Crippen LogP contribution in [0, 0.1) is 12.3 Å². The van der Waals surface area contributed by atoms with Crippen LogP contribution in [-0.2, 0) is 23.4 Å². The maximum atomic E-state index is 13.8. The maximum Gasteiger partial charge on any atom is 0.459 e. The molecule has 1 saturated heterocycles. The van der Waals surface area contributed by atoms with Crippen molar-refractivity contribution in [3.05, 3.63) is 63.4 Å². The summed E-state index contributed by atoms with van der Waals surface area (Å²) in [5.74, 6) is 1.42. The van der Waals surface area contributed by atoms with Crippen molar-refractivity contribution in [1.29, 1.82) is 0 Å². The summed E-state index contributed by atoms with van der Waals surface area (Å²) in [6, 6.07) is 8.98. The second-order valence-electron chi connectivity index (χ2n) is 9.35. The van der Waals surface area contributed by atoms with Gasteiger partial charge < -0.3 is 24.2 Å². The van der Waals surface area contributed by atoms with Crippen molar-refractivity contribution in [3.8, 4) is 18.1 Å². The van der Waals surface area contributed by atoms with Gasteiger partial charge in [0.1, 0.15) is 23.5 Å². The van der Waals surface area contributed by atoms with Crippen LogP contribution in [0.25, 0.3) is 0 Å². The Morgan fingerprint density at radius 3 is 2.55 bits per heavy atom. The van der Waals surface area contributed by atoms with Gasteiger partial charge in [-0.25, -0.2) is 9.36 Å². The molecule has 2 aromatic rings. The molecule has 1 aromatic heterocycles. The van der Waals surface area contributed by atoms with Gasteiger partial charge in [0, 0.05) is 12.3 Å². The number of H-pyrrole nitrogens is 1. The van der Waals surface area contributed by atoms with Gasteiger partial charge in [0.25, 0.3) is 5.56 Å². The number of ether oxygens (including phenoxy) is 2. The van der Waals surface area contributed by atoms with E-state index in [9.17, 15) is 29.2 Å². The molecule has 0 spiro atoms. The molecule has 1 aliphatic rings. The Bertz CT molecular complexity index is 1350. The summed E-state index contributed by atoms with van der Waals surface area (Å²) in [6.07, 6.45) is 1.19. The molecule has 0 bridgehead atoms. The molecule has 2 unspecified atom stereocenters. The van der Waals surface area contributed by atoms with Crippen LogP contribution in [0.2, 0.25) is 0 Å². The molecule has 0 aliphatic carbocycles. The Labute approximate surface area is 218 Å². The number of hydrogen-bond acceptors (Lipinski definition) is 10. The van der Waals surface area contributed by atoms with Crippen molar-refractivity contribution < 1.29 is 38.1 Å². The van der Waals surface area contributed by atoms with Crippen molar-refractivity contribution in [2.75, 3.05) is 6.61 Å². The third-order valence-corrected chi connectivity index (χ3v) is 7.24. The summed E-state index contributed by atoms with van der Waals surface area (Å²) >= 11 is 0. The molecule has 14 heteroatoms. The standard InChI is InChI=1S/C24H30N3O10P/c1-6-24(32)19(29)17(36-20(24)27-13-12-18(28)25-22(27)31)14-34-38(33,37-16-10-8-7-9-11-16)26-23(4,5)21(30)35-15(2)3/h1,7-13,15,17,19-20,29,32H,14H2,2-5H3,(H,26,33)(H,25,28,31)/t17-,19-,20?,24-,38?/m1/s1. The highest BCUT2D eigenvalue weighted by atomic mass is 31.2. The Balaban J connectivity index is 1.87. The topological polar surface area (TPSA) is 178 Å². The zero-order chi connectivity index (χ0) is 28.3. The fraction of sp³-hybridized carbons (Fsp3) is 0.458. The molecule has 38 heavy (non-hydrogen) atoms. The minimum absolute atomic E-state index is 0.141. The average molecular weight is 551 g/mol. The van der Waals surface area contributed by atoms with Crippen LogP contribution in [0.1, 0.15) is 33.9 Å². The van der Waals surface area contributed by atoms with Gasteiger partial charge in [-0.05, 0) is 39.8 Å². The smallest absolute Gasteiger partial charge is 0.459 e. The lowest BCUT2D eigenvalue weighted by atomic mass is 9.95. The van der Waals surface area contributed by atoms with Crippen molar-refractivity contribution in [2.45, 2.75) is 63.4 Å². The zero-order valence-electron chi connectivity index (χ0n) is 21.2. The highest BCUT2D eigenvalue weighted by molar-refractivity contribution is 7.52. The predicted molar refractivity (Wildman–Crippen MR) is 134 cm³/mol. The lowest BCUT2D eigenvalue weighted by molar-refractivity contribution is -0.153. The lowest BCUT2D eigenvalue weighted by Gasteiger charge is -2.30. The summed E-state index contributed by atoms with van der Waals surface area (Å²) in [6.45, 7) is 5.48. The van der Waals surface area contributed by atoms with Crippen LogP contribution in [0.5, 0.6) is 5.75 Å². The minimum Gasteiger partial charge on any atom is -0.462 e. The monoisotopic (exact) mass is 551 g/mol. The van der Waals surface area contributed by atoms with Gasteiger partial charge in [-0.15, -0.1) is 6.42 Å². The molecule has 206 valence electrons. The highest BCUT2D eigenvalue weighted by Gasteiger charge is 2.56. The van der Waals surface area contributed by atoms with Crippen LogP contribution < -0.4 is 20.9 Å². The molecule has 1 aromatic carbocycles. The Hall–Kier alpha value is -3.24. The lowest BCUT2D eigenvalue weighted by Crippen LogP contribution is -2.49. The fourth-order valence-electron chi connectivity index (χ4n) is 3.57. The van der Waals surface area contributed by atoms with Crippen LogP contribution in [-0.4, -0.2) is 61.8 Å². The number of carbonyl (C=O) groups excluding carboxylic acids is 1. The van der Waals surface area contributed by atoms with Crippen molar-refractivity contribution >= 4 is 13.7 Å². The predicted octanol–water partition coefficient (Wildman–Crippen LogP) is 0.683. The van der Waals surface area contributed by atoms with Gasteiger partial charge in [-0.3, -0.25) is 23.7 Å². The van der Waals surface area contributed by atoms with E-state index in [0.717, 1.165) is 16.8 Å². The van der Waals surface area contributed by atoms with E-state index >= 15 is 0 Å². The number of aromatic nitrogens is 2. The van der Waals surface area contributed by atoms with Gasteiger partial charge in [0.05, 0.1) is 12.7 Å². The second-order valence-corrected chi connectivity index (χ2v) is 11.0. The summed E-state index contributed by atoms with van der Waals surface area (Å²) in [5, 5.41) is 24.3. The molecule has 2 heterocycles. The van der Waals surface area contributed by atoms with Crippen LogP contribution in [0.3, 0.4) is 0 Å². The molecule has 3 rings (SSSR count). The molecule has 0 saturated carbocycles. The van der Waals surface area contributed by atoms with Gasteiger partial charge in [0.2, 0.25) is 0 Å². The minimum atomic E-state index is -4.39. The first-order chi connectivity index (χ1) is 17.7. The summed E-state index contributed by atoms with van der Waals surface area (Å²) in [5.41, 5.74) is -5.61. The molecule has 5 atom stereocenters. The first kappa shape index (κ1) is 29.3. The average Bonchev–Trinajstić information content (AvgIpc) is 3.08. The van der Waals surface area contributed by atoms with E-state index in [-0.39, 0.29) is 5.75 Å². The third kappa shape index (κ3) is 6.42. The number of rotatable bonds is 10. The maximum absolute atomic E-state index is 13.8. The summed E-state index contributed by atoms with van der Waals surface area (Å²) in [7, 11) is -4.39. The SMILES string of the molecule is C#C[C@]1(O)C(n2ccc(=O)[nH]c2=O)O[C@H](COP(=O)(NC(C)(C)C(=O)OC(C)C)Oc2ccccc2)[C@H]1O. The van der Waals surface area contributed by atoms with Crippen LogP contribution in [0.4, 0.5) is 0 Å². The van der Waals surface area contributed by atoms with E-state index in [1.165, 1.54) is 26.0 Å². The number of nitrogens with one attached hydrogen (secondary N) is 2. The van der Waals surface area contributed by atoms with Crippen molar-refractivity contribution in [1.82, 2.24) is 14.6 Å². The molecule has 4 N–H and O–H groups in total. The quantitative estimate of drug-likeness (QED) is 0.185.